The molecule has 3 rings (SSSR count). The number of fused-ring (bicyclic) bond motifs is 1. The lowest BCUT2D eigenvalue weighted by Gasteiger charge is -2.23. The van der Waals surface area contributed by atoms with E-state index in [1.807, 2.05) is 4.68 Å². The van der Waals surface area contributed by atoms with Crippen LogP contribution in [0.4, 0.5) is 0 Å². The fraction of sp³-hybridized carbons (Fsp3) is 0.455. The van der Waals surface area contributed by atoms with Gasteiger partial charge in [0.25, 0.3) is 0 Å². The van der Waals surface area contributed by atoms with E-state index in [9.17, 15) is 0 Å². The van der Waals surface area contributed by atoms with Crippen LogP contribution in [0.25, 0.3) is 10.9 Å². The van der Waals surface area contributed by atoms with Gasteiger partial charge in [-0.1, -0.05) is 23.2 Å². The number of aromatic nitrogens is 3. The fourth-order valence-electron chi connectivity index (χ4n) is 2.12. The molecule has 0 bridgehead atoms. The van der Waals surface area contributed by atoms with E-state index in [4.69, 9.17) is 27.9 Å². The second-order valence-corrected chi connectivity index (χ2v) is 4.82. The zero-order valence-electron chi connectivity index (χ0n) is 9.07. The van der Waals surface area contributed by atoms with Gasteiger partial charge in [-0.25, -0.2) is 9.67 Å². The number of pyridine rings is 1. The van der Waals surface area contributed by atoms with E-state index in [1.54, 1.807) is 12.3 Å². The van der Waals surface area contributed by atoms with Crippen molar-refractivity contribution in [3.05, 3.63) is 22.6 Å². The maximum Gasteiger partial charge on any atom is 0.150 e. The average Bonchev–Trinajstić information content (AvgIpc) is 2.74. The minimum atomic E-state index is -0.0178. The van der Waals surface area contributed by atoms with E-state index >= 15 is 0 Å². The van der Waals surface area contributed by atoms with Crippen LogP contribution in [-0.2, 0) is 4.74 Å². The van der Waals surface area contributed by atoms with Crippen molar-refractivity contribution in [2.75, 3.05) is 6.61 Å². The standard InChI is InChI=1S/C11H11Cl2N3O/c12-9-5-8-7(11(13)15-9)6-14-16(8)10-3-1-2-4-17-10/h5-6,10H,1-4H2/t10-/m1/s1. The van der Waals surface area contributed by atoms with E-state index in [0.717, 1.165) is 36.8 Å². The number of hydrogen-bond donors (Lipinski definition) is 0. The molecule has 0 N–H and O–H groups in total. The van der Waals surface area contributed by atoms with Crippen molar-refractivity contribution in [2.45, 2.75) is 25.5 Å². The number of nitrogens with zero attached hydrogens (tertiary/aromatic N) is 3. The van der Waals surface area contributed by atoms with Crippen molar-refractivity contribution in [1.29, 1.82) is 0 Å². The van der Waals surface area contributed by atoms with Crippen LogP contribution in [0, 0.1) is 0 Å². The molecular formula is C11H11Cl2N3O. The Hall–Kier alpha value is -0.840. The third-order valence-corrected chi connectivity index (χ3v) is 3.43. The third-order valence-electron chi connectivity index (χ3n) is 2.95. The van der Waals surface area contributed by atoms with Crippen LogP contribution < -0.4 is 0 Å². The largest absolute Gasteiger partial charge is 0.356 e. The lowest BCUT2D eigenvalue weighted by molar-refractivity contribution is -0.0366. The third kappa shape index (κ3) is 2.01. The monoisotopic (exact) mass is 271 g/mol. The summed E-state index contributed by atoms with van der Waals surface area (Å²) in [5.74, 6) is 0. The lowest BCUT2D eigenvalue weighted by Crippen LogP contribution is -2.18. The highest BCUT2D eigenvalue weighted by molar-refractivity contribution is 6.36. The zero-order chi connectivity index (χ0) is 11.8. The second kappa shape index (κ2) is 4.44. The van der Waals surface area contributed by atoms with Crippen molar-refractivity contribution in [3.8, 4) is 0 Å². The molecule has 0 aliphatic carbocycles. The molecule has 90 valence electrons. The molecule has 2 aromatic heterocycles. The minimum absolute atomic E-state index is 0.0178. The maximum absolute atomic E-state index is 6.02. The normalized spacial score (nSPS) is 20.9. The summed E-state index contributed by atoms with van der Waals surface area (Å²) < 4.78 is 7.55. The van der Waals surface area contributed by atoms with Gasteiger partial charge in [0.2, 0.25) is 0 Å². The Bertz CT molecular complexity index is 549. The first-order chi connectivity index (χ1) is 8.25. The van der Waals surface area contributed by atoms with Gasteiger partial charge in [-0.15, -0.1) is 0 Å². The van der Waals surface area contributed by atoms with Gasteiger partial charge in [-0.3, -0.25) is 0 Å². The molecule has 1 fully saturated rings. The topological polar surface area (TPSA) is 39.9 Å². The molecule has 1 aliphatic rings. The lowest BCUT2D eigenvalue weighted by atomic mass is 10.2. The van der Waals surface area contributed by atoms with E-state index in [1.165, 1.54) is 0 Å². The molecule has 3 heterocycles. The summed E-state index contributed by atoms with van der Waals surface area (Å²) in [4.78, 5) is 4.00. The van der Waals surface area contributed by atoms with Crippen LogP contribution in [0.3, 0.4) is 0 Å². The molecule has 1 saturated heterocycles. The first-order valence-corrected chi connectivity index (χ1v) is 6.32. The summed E-state index contributed by atoms with van der Waals surface area (Å²) in [5.41, 5.74) is 0.877. The minimum Gasteiger partial charge on any atom is -0.356 e. The smallest absolute Gasteiger partial charge is 0.150 e. The molecule has 1 atom stereocenters. The number of ether oxygens (including phenoxy) is 1. The Balaban J connectivity index is 2.10. The summed E-state index contributed by atoms with van der Waals surface area (Å²) >= 11 is 11.9. The first-order valence-electron chi connectivity index (χ1n) is 5.56. The Kier molecular flexibility index (Phi) is 2.94. The van der Waals surface area contributed by atoms with Gasteiger partial charge in [-0.2, -0.15) is 5.10 Å². The molecule has 1 aliphatic heterocycles. The van der Waals surface area contributed by atoms with Crippen LogP contribution in [-0.4, -0.2) is 21.4 Å². The van der Waals surface area contributed by atoms with Gasteiger partial charge < -0.3 is 4.74 Å². The number of halogens is 2. The fourth-order valence-corrected chi connectivity index (χ4v) is 2.59. The van der Waals surface area contributed by atoms with Gasteiger partial charge >= 0.3 is 0 Å². The highest BCUT2D eigenvalue weighted by Crippen LogP contribution is 2.29. The van der Waals surface area contributed by atoms with Crippen molar-refractivity contribution in [2.24, 2.45) is 0 Å². The van der Waals surface area contributed by atoms with Crippen LogP contribution >= 0.6 is 23.2 Å². The van der Waals surface area contributed by atoms with Crippen LogP contribution in [0.15, 0.2) is 12.3 Å². The van der Waals surface area contributed by atoms with Crippen LogP contribution in [0.5, 0.6) is 0 Å². The first kappa shape index (κ1) is 11.3. The highest BCUT2D eigenvalue weighted by Gasteiger charge is 2.19. The molecule has 17 heavy (non-hydrogen) atoms. The van der Waals surface area contributed by atoms with Gasteiger partial charge in [0.15, 0.2) is 6.23 Å². The van der Waals surface area contributed by atoms with Gasteiger partial charge in [-0.05, 0) is 19.3 Å². The molecule has 0 spiro atoms. The predicted molar refractivity (Wildman–Crippen MR) is 66.4 cm³/mol. The van der Waals surface area contributed by atoms with E-state index in [-0.39, 0.29) is 6.23 Å². The quantitative estimate of drug-likeness (QED) is 0.746. The molecular weight excluding hydrogens is 261 g/mol. The average molecular weight is 272 g/mol. The molecule has 0 aromatic carbocycles. The summed E-state index contributed by atoms with van der Waals surface area (Å²) in [6.07, 6.45) is 4.92. The van der Waals surface area contributed by atoms with E-state index in [2.05, 4.69) is 10.1 Å². The number of rotatable bonds is 1. The Morgan fingerprint density at radius 1 is 1.35 bits per heavy atom. The van der Waals surface area contributed by atoms with Crippen molar-refractivity contribution in [3.63, 3.8) is 0 Å². The summed E-state index contributed by atoms with van der Waals surface area (Å²) in [5, 5.41) is 5.90. The molecule has 0 unspecified atom stereocenters. The van der Waals surface area contributed by atoms with Crippen LogP contribution in [0.2, 0.25) is 10.3 Å². The molecule has 0 radical (unpaired) electrons. The zero-order valence-corrected chi connectivity index (χ0v) is 10.6. The van der Waals surface area contributed by atoms with E-state index in [0.29, 0.717) is 10.3 Å². The van der Waals surface area contributed by atoms with Crippen molar-refractivity contribution >= 4 is 34.1 Å². The molecule has 0 saturated carbocycles. The van der Waals surface area contributed by atoms with Crippen LogP contribution in [0.1, 0.15) is 25.5 Å². The Morgan fingerprint density at radius 2 is 2.24 bits per heavy atom. The van der Waals surface area contributed by atoms with Crippen molar-refractivity contribution < 1.29 is 4.74 Å². The highest BCUT2D eigenvalue weighted by atomic mass is 35.5. The van der Waals surface area contributed by atoms with Gasteiger partial charge in [0, 0.05) is 12.7 Å². The van der Waals surface area contributed by atoms with Gasteiger partial charge in [0.05, 0.1) is 17.1 Å². The molecule has 6 heteroatoms. The summed E-state index contributed by atoms with van der Waals surface area (Å²) in [7, 11) is 0. The molecule has 2 aromatic rings. The second-order valence-electron chi connectivity index (χ2n) is 4.08. The Morgan fingerprint density at radius 3 is 3.00 bits per heavy atom. The van der Waals surface area contributed by atoms with Crippen molar-refractivity contribution in [1.82, 2.24) is 14.8 Å². The Labute approximate surface area is 108 Å². The maximum atomic E-state index is 6.02. The predicted octanol–water partition coefficient (Wildman–Crippen LogP) is 3.44. The molecule has 4 nitrogen and oxygen atoms in total. The van der Waals surface area contributed by atoms with E-state index < -0.39 is 0 Å². The summed E-state index contributed by atoms with van der Waals surface area (Å²) in [6.45, 7) is 0.776. The van der Waals surface area contributed by atoms with Gasteiger partial charge in [0.1, 0.15) is 10.3 Å². The SMILES string of the molecule is Clc1cc2c(cnn2[C@H]2CCCCO2)c(Cl)n1. The summed E-state index contributed by atoms with van der Waals surface area (Å²) in [6, 6.07) is 1.77. The molecule has 0 amide bonds. The number of hydrogen-bond acceptors (Lipinski definition) is 3.